The first-order valence-electron chi connectivity index (χ1n) is 4.83. The van der Waals surface area contributed by atoms with Crippen molar-refractivity contribution in [1.82, 2.24) is 0 Å². The predicted molar refractivity (Wildman–Crippen MR) is 58.6 cm³/mol. The zero-order valence-corrected chi connectivity index (χ0v) is 9.96. The van der Waals surface area contributed by atoms with E-state index in [1.165, 1.54) is 5.56 Å². The second-order valence-electron chi connectivity index (χ2n) is 3.49. The Labute approximate surface area is 91.0 Å². The fourth-order valence-corrected chi connectivity index (χ4v) is 1.74. The van der Waals surface area contributed by atoms with E-state index in [0.717, 1.165) is 11.1 Å². The Bertz CT molecular complexity index is 321. The molecule has 0 aliphatic carbocycles. The zero-order valence-electron chi connectivity index (χ0n) is 9.96. The number of rotatable bonds is 4. The van der Waals surface area contributed by atoms with Gasteiger partial charge in [-0.3, -0.25) is 0 Å². The topological polar surface area (TPSA) is 27.7 Å². The lowest BCUT2D eigenvalue weighted by molar-refractivity contribution is -0.364. The van der Waals surface area contributed by atoms with Crippen LogP contribution in [0.1, 0.15) is 16.7 Å². The summed E-state index contributed by atoms with van der Waals surface area (Å²) in [5.74, 6) is -1.10. The Morgan fingerprint density at radius 3 is 1.87 bits per heavy atom. The molecule has 0 saturated carbocycles. The lowest BCUT2D eigenvalue weighted by Gasteiger charge is -2.30. The summed E-state index contributed by atoms with van der Waals surface area (Å²) in [4.78, 5) is 0. The number of aryl methyl sites for hydroxylation is 2. The third-order valence-corrected chi connectivity index (χ3v) is 2.52. The van der Waals surface area contributed by atoms with E-state index < -0.39 is 5.97 Å². The normalized spacial score (nSPS) is 11.8. The fraction of sp³-hybridized carbons (Fsp3) is 0.500. The molecule has 0 saturated heterocycles. The molecule has 15 heavy (non-hydrogen) atoms. The quantitative estimate of drug-likeness (QED) is 0.714. The van der Waals surface area contributed by atoms with Crippen LogP contribution in [0.2, 0.25) is 0 Å². The first-order chi connectivity index (χ1) is 7.09. The summed E-state index contributed by atoms with van der Waals surface area (Å²) >= 11 is 0. The molecule has 0 fully saturated rings. The van der Waals surface area contributed by atoms with Crippen LogP contribution in [0.3, 0.4) is 0 Å². The number of hydrogen-bond donors (Lipinski definition) is 0. The predicted octanol–water partition coefficient (Wildman–Crippen LogP) is 2.35. The largest absolute Gasteiger partial charge is 0.327 e. The minimum atomic E-state index is -1.10. The molecule has 0 aromatic heterocycles. The number of benzene rings is 1. The van der Waals surface area contributed by atoms with Gasteiger partial charge < -0.3 is 14.2 Å². The van der Waals surface area contributed by atoms with Crippen LogP contribution >= 0.6 is 0 Å². The van der Waals surface area contributed by atoms with E-state index in [1.807, 2.05) is 26.0 Å². The Kier molecular flexibility index (Phi) is 3.85. The minimum Gasteiger partial charge on any atom is -0.327 e. The monoisotopic (exact) mass is 210 g/mol. The van der Waals surface area contributed by atoms with Crippen LogP contribution in [0.4, 0.5) is 0 Å². The van der Waals surface area contributed by atoms with Gasteiger partial charge in [-0.05, 0) is 19.4 Å². The molecule has 0 radical (unpaired) electrons. The average molecular weight is 210 g/mol. The molecule has 0 spiro atoms. The smallest absolute Gasteiger partial charge is 0.311 e. The third-order valence-electron chi connectivity index (χ3n) is 2.52. The number of hydrogen-bond acceptors (Lipinski definition) is 3. The highest BCUT2D eigenvalue weighted by molar-refractivity contribution is 5.32. The first-order valence-corrected chi connectivity index (χ1v) is 4.83. The van der Waals surface area contributed by atoms with Crippen molar-refractivity contribution >= 4 is 0 Å². The summed E-state index contributed by atoms with van der Waals surface area (Å²) in [5.41, 5.74) is 3.18. The molecule has 3 nitrogen and oxygen atoms in total. The van der Waals surface area contributed by atoms with Crippen molar-refractivity contribution in [3.8, 4) is 0 Å². The molecule has 84 valence electrons. The van der Waals surface area contributed by atoms with Gasteiger partial charge in [0.25, 0.3) is 0 Å². The fourth-order valence-electron chi connectivity index (χ4n) is 1.74. The van der Waals surface area contributed by atoms with Gasteiger partial charge in [0.2, 0.25) is 0 Å². The van der Waals surface area contributed by atoms with Crippen molar-refractivity contribution in [2.24, 2.45) is 0 Å². The van der Waals surface area contributed by atoms with Crippen molar-refractivity contribution in [3.63, 3.8) is 0 Å². The molecular formula is C12H18O3. The maximum atomic E-state index is 5.30. The van der Waals surface area contributed by atoms with E-state index in [1.54, 1.807) is 21.3 Å². The van der Waals surface area contributed by atoms with Crippen LogP contribution in [-0.4, -0.2) is 21.3 Å². The van der Waals surface area contributed by atoms with Gasteiger partial charge in [-0.2, -0.15) is 0 Å². The second kappa shape index (κ2) is 4.75. The standard InChI is InChI=1S/C12H18O3/c1-9-6-7-11(10(2)8-9)12(13-3,14-4)15-5/h6-8H,1-5H3. The van der Waals surface area contributed by atoms with Gasteiger partial charge >= 0.3 is 5.97 Å². The Balaban J connectivity index is 3.22. The van der Waals surface area contributed by atoms with Crippen molar-refractivity contribution in [2.45, 2.75) is 19.8 Å². The highest BCUT2D eigenvalue weighted by Crippen LogP contribution is 2.29. The maximum absolute atomic E-state index is 5.30. The molecule has 0 atom stereocenters. The molecule has 0 unspecified atom stereocenters. The summed E-state index contributed by atoms with van der Waals surface area (Å²) in [6.07, 6.45) is 0. The lowest BCUT2D eigenvalue weighted by Crippen LogP contribution is -2.33. The van der Waals surface area contributed by atoms with E-state index in [4.69, 9.17) is 14.2 Å². The Hall–Kier alpha value is -0.900. The molecule has 1 aromatic rings. The van der Waals surface area contributed by atoms with Crippen molar-refractivity contribution in [2.75, 3.05) is 21.3 Å². The summed E-state index contributed by atoms with van der Waals surface area (Å²) < 4.78 is 15.9. The molecular weight excluding hydrogens is 192 g/mol. The molecule has 0 N–H and O–H groups in total. The molecule has 1 aromatic carbocycles. The van der Waals surface area contributed by atoms with Crippen LogP contribution in [0, 0.1) is 13.8 Å². The highest BCUT2D eigenvalue weighted by Gasteiger charge is 2.33. The summed E-state index contributed by atoms with van der Waals surface area (Å²) in [6.45, 7) is 4.05. The average Bonchev–Trinajstić information content (AvgIpc) is 2.23. The summed E-state index contributed by atoms with van der Waals surface area (Å²) in [7, 11) is 4.69. The second-order valence-corrected chi connectivity index (χ2v) is 3.49. The molecule has 0 bridgehead atoms. The van der Waals surface area contributed by atoms with E-state index >= 15 is 0 Å². The van der Waals surface area contributed by atoms with Crippen LogP contribution in [0.15, 0.2) is 18.2 Å². The highest BCUT2D eigenvalue weighted by atomic mass is 16.9. The molecule has 0 heterocycles. The minimum absolute atomic E-state index is 0.889. The van der Waals surface area contributed by atoms with Crippen LogP contribution in [-0.2, 0) is 20.2 Å². The molecule has 3 heteroatoms. The Morgan fingerprint density at radius 2 is 1.47 bits per heavy atom. The van der Waals surface area contributed by atoms with E-state index in [9.17, 15) is 0 Å². The van der Waals surface area contributed by atoms with Gasteiger partial charge in [0.1, 0.15) is 0 Å². The summed E-state index contributed by atoms with van der Waals surface area (Å²) in [6, 6.07) is 6.04. The van der Waals surface area contributed by atoms with Crippen LogP contribution in [0.25, 0.3) is 0 Å². The van der Waals surface area contributed by atoms with Gasteiger partial charge in [0.15, 0.2) is 0 Å². The van der Waals surface area contributed by atoms with Crippen molar-refractivity contribution < 1.29 is 14.2 Å². The van der Waals surface area contributed by atoms with Gasteiger partial charge in [0.05, 0.1) is 0 Å². The van der Waals surface area contributed by atoms with Crippen LogP contribution < -0.4 is 0 Å². The van der Waals surface area contributed by atoms with Crippen molar-refractivity contribution in [3.05, 3.63) is 34.9 Å². The lowest BCUT2D eigenvalue weighted by atomic mass is 10.0. The summed E-state index contributed by atoms with van der Waals surface area (Å²) in [5, 5.41) is 0. The molecule has 1 rings (SSSR count). The Morgan fingerprint density at radius 1 is 0.933 bits per heavy atom. The van der Waals surface area contributed by atoms with E-state index in [2.05, 4.69) is 6.07 Å². The van der Waals surface area contributed by atoms with Crippen molar-refractivity contribution in [1.29, 1.82) is 0 Å². The van der Waals surface area contributed by atoms with E-state index in [0.29, 0.717) is 0 Å². The van der Waals surface area contributed by atoms with Crippen LogP contribution in [0.5, 0.6) is 0 Å². The molecule has 0 aliphatic rings. The SMILES string of the molecule is COC(OC)(OC)c1ccc(C)cc1C. The third kappa shape index (κ3) is 2.20. The molecule has 0 amide bonds. The first kappa shape index (κ1) is 12.2. The molecule has 0 aliphatic heterocycles. The van der Waals surface area contributed by atoms with E-state index in [-0.39, 0.29) is 0 Å². The van der Waals surface area contributed by atoms with Gasteiger partial charge in [-0.25, -0.2) is 0 Å². The van der Waals surface area contributed by atoms with Gasteiger partial charge in [-0.15, -0.1) is 0 Å². The number of methoxy groups -OCH3 is 3. The maximum Gasteiger partial charge on any atom is 0.311 e. The number of ether oxygens (including phenoxy) is 3. The zero-order chi connectivity index (χ0) is 11.5. The van der Waals surface area contributed by atoms with Gasteiger partial charge in [0, 0.05) is 26.9 Å². The van der Waals surface area contributed by atoms with Gasteiger partial charge in [-0.1, -0.05) is 23.8 Å².